The summed E-state index contributed by atoms with van der Waals surface area (Å²) >= 11 is 0. The molecule has 1 saturated carbocycles. The predicted molar refractivity (Wildman–Crippen MR) is 76.5 cm³/mol. The van der Waals surface area contributed by atoms with Crippen LogP contribution in [0.3, 0.4) is 0 Å². The number of rotatable bonds is 7. The van der Waals surface area contributed by atoms with E-state index in [1.165, 1.54) is 12.8 Å². The molecule has 0 atom stereocenters. The summed E-state index contributed by atoms with van der Waals surface area (Å²) in [6.45, 7) is 3.70. The van der Waals surface area contributed by atoms with Gasteiger partial charge in [-0.3, -0.25) is 0 Å². The molecule has 0 saturated heterocycles. The number of sulfonamides is 1. The lowest BCUT2D eigenvalue weighted by Gasteiger charge is -2.14. The molecular formula is C13H21N3O2S. The number of hydrogen-bond acceptors (Lipinski definition) is 4. The Morgan fingerprint density at radius 3 is 2.37 bits per heavy atom. The van der Waals surface area contributed by atoms with Crippen LogP contribution in [0.1, 0.15) is 19.8 Å². The summed E-state index contributed by atoms with van der Waals surface area (Å²) in [5.74, 6) is 0. The van der Waals surface area contributed by atoms with Gasteiger partial charge in [-0.1, -0.05) is 6.92 Å². The number of benzene rings is 1. The van der Waals surface area contributed by atoms with E-state index in [-0.39, 0.29) is 5.41 Å². The maximum Gasteiger partial charge on any atom is 0.240 e. The molecule has 0 radical (unpaired) electrons. The summed E-state index contributed by atoms with van der Waals surface area (Å²) in [5.41, 5.74) is 6.90. The van der Waals surface area contributed by atoms with Crippen molar-refractivity contribution < 1.29 is 8.42 Å². The molecule has 2 rings (SSSR count). The molecule has 5 nitrogen and oxygen atoms in total. The van der Waals surface area contributed by atoms with E-state index in [4.69, 9.17) is 5.73 Å². The van der Waals surface area contributed by atoms with Crippen molar-refractivity contribution >= 4 is 15.7 Å². The van der Waals surface area contributed by atoms with Crippen molar-refractivity contribution in [3.63, 3.8) is 0 Å². The molecule has 0 spiro atoms. The first-order chi connectivity index (χ1) is 9.01. The lowest BCUT2D eigenvalue weighted by molar-refractivity contribution is 0.556. The van der Waals surface area contributed by atoms with Crippen molar-refractivity contribution in [3.8, 4) is 0 Å². The Labute approximate surface area is 114 Å². The van der Waals surface area contributed by atoms with Crippen molar-refractivity contribution in [2.24, 2.45) is 11.1 Å². The third-order valence-corrected chi connectivity index (χ3v) is 5.12. The lowest BCUT2D eigenvalue weighted by Crippen LogP contribution is -2.24. The van der Waals surface area contributed by atoms with Gasteiger partial charge in [-0.05, 0) is 49.1 Å². The van der Waals surface area contributed by atoms with Crippen LogP contribution in [0.2, 0.25) is 0 Å². The van der Waals surface area contributed by atoms with Gasteiger partial charge in [0.15, 0.2) is 0 Å². The molecule has 0 amide bonds. The molecule has 0 aliphatic heterocycles. The van der Waals surface area contributed by atoms with Gasteiger partial charge in [0.05, 0.1) is 4.90 Å². The second-order valence-electron chi connectivity index (χ2n) is 5.08. The van der Waals surface area contributed by atoms with Crippen molar-refractivity contribution in [3.05, 3.63) is 24.3 Å². The Kier molecular flexibility index (Phi) is 4.13. The molecular weight excluding hydrogens is 262 g/mol. The zero-order valence-electron chi connectivity index (χ0n) is 11.1. The minimum absolute atomic E-state index is 0.258. The van der Waals surface area contributed by atoms with E-state index in [2.05, 4.69) is 10.0 Å². The molecule has 1 fully saturated rings. The van der Waals surface area contributed by atoms with Crippen LogP contribution in [0.25, 0.3) is 0 Å². The zero-order chi connectivity index (χ0) is 13.9. The highest BCUT2D eigenvalue weighted by Crippen LogP contribution is 2.44. The van der Waals surface area contributed by atoms with Crippen molar-refractivity contribution in [2.45, 2.75) is 24.7 Å². The van der Waals surface area contributed by atoms with Gasteiger partial charge in [0.25, 0.3) is 0 Å². The van der Waals surface area contributed by atoms with Gasteiger partial charge in [-0.15, -0.1) is 0 Å². The van der Waals surface area contributed by atoms with Crippen LogP contribution in [-0.2, 0) is 10.0 Å². The summed E-state index contributed by atoms with van der Waals surface area (Å²) in [5, 5.41) is 3.31. The van der Waals surface area contributed by atoms with E-state index < -0.39 is 10.0 Å². The maximum absolute atomic E-state index is 11.8. The Morgan fingerprint density at radius 1 is 1.26 bits per heavy atom. The third kappa shape index (κ3) is 3.46. The van der Waals surface area contributed by atoms with E-state index in [1.54, 1.807) is 31.2 Å². The smallest absolute Gasteiger partial charge is 0.240 e. The minimum Gasteiger partial charge on any atom is -0.384 e. The summed E-state index contributed by atoms with van der Waals surface area (Å²) < 4.78 is 26.0. The van der Waals surface area contributed by atoms with Gasteiger partial charge in [-0.2, -0.15) is 0 Å². The number of anilines is 1. The fraction of sp³-hybridized carbons (Fsp3) is 0.538. The first kappa shape index (κ1) is 14.3. The van der Waals surface area contributed by atoms with Crippen LogP contribution < -0.4 is 15.8 Å². The van der Waals surface area contributed by atoms with E-state index in [9.17, 15) is 8.42 Å². The molecule has 6 heteroatoms. The fourth-order valence-electron chi connectivity index (χ4n) is 1.94. The SMILES string of the molecule is CCNS(=O)(=O)c1ccc(NCC2(CN)CC2)cc1. The van der Waals surface area contributed by atoms with E-state index >= 15 is 0 Å². The van der Waals surface area contributed by atoms with Crippen LogP contribution in [0.15, 0.2) is 29.2 Å². The number of nitrogens with one attached hydrogen (secondary N) is 2. The molecule has 4 N–H and O–H groups in total. The van der Waals surface area contributed by atoms with E-state index in [0.29, 0.717) is 18.0 Å². The Bertz CT molecular complexity index is 521. The molecule has 0 heterocycles. The van der Waals surface area contributed by atoms with Gasteiger partial charge in [0, 0.05) is 18.8 Å². The highest BCUT2D eigenvalue weighted by atomic mass is 32.2. The molecule has 106 valence electrons. The monoisotopic (exact) mass is 283 g/mol. The molecule has 0 bridgehead atoms. The molecule has 1 aromatic rings. The highest BCUT2D eigenvalue weighted by Gasteiger charge is 2.40. The number of nitrogens with two attached hydrogens (primary N) is 1. The quantitative estimate of drug-likeness (QED) is 0.700. The molecule has 0 unspecified atom stereocenters. The minimum atomic E-state index is -3.36. The van der Waals surface area contributed by atoms with Gasteiger partial charge in [0.2, 0.25) is 10.0 Å². The first-order valence-electron chi connectivity index (χ1n) is 6.55. The summed E-state index contributed by atoms with van der Waals surface area (Å²) in [4.78, 5) is 0.292. The summed E-state index contributed by atoms with van der Waals surface area (Å²) in [6.07, 6.45) is 2.34. The summed E-state index contributed by atoms with van der Waals surface area (Å²) in [6, 6.07) is 6.80. The van der Waals surface area contributed by atoms with Crippen molar-refractivity contribution in [1.29, 1.82) is 0 Å². The molecule has 1 aliphatic rings. The average Bonchev–Trinajstić information content (AvgIpc) is 3.17. The maximum atomic E-state index is 11.8. The van der Waals surface area contributed by atoms with Crippen molar-refractivity contribution in [1.82, 2.24) is 4.72 Å². The second kappa shape index (κ2) is 5.48. The van der Waals surface area contributed by atoms with Crippen LogP contribution in [-0.4, -0.2) is 28.1 Å². The lowest BCUT2D eigenvalue weighted by atomic mass is 10.1. The van der Waals surface area contributed by atoms with Gasteiger partial charge in [-0.25, -0.2) is 13.1 Å². The zero-order valence-corrected chi connectivity index (χ0v) is 12.0. The second-order valence-corrected chi connectivity index (χ2v) is 6.85. The van der Waals surface area contributed by atoms with Crippen LogP contribution in [0, 0.1) is 5.41 Å². The largest absolute Gasteiger partial charge is 0.384 e. The summed E-state index contributed by atoms with van der Waals surface area (Å²) in [7, 11) is -3.36. The highest BCUT2D eigenvalue weighted by molar-refractivity contribution is 7.89. The Morgan fingerprint density at radius 2 is 1.89 bits per heavy atom. The standard InChI is InChI=1S/C13H21N3O2S/c1-2-16-19(17,18)12-5-3-11(4-6-12)15-10-13(9-14)7-8-13/h3-6,15-16H,2,7-10,14H2,1H3. The first-order valence-corrected chi connectivity index (χ1v) is 8.03. The van der Waals surface area contributed by atoms with Crippen LogP contribution >= 0.6 is 0 Å². The average molecular weight is 283 g/mol. The molecule has 0 aromatic heterocycles. The molecule has 19 heavy (non-hydrogen) atoms. The van der Waals surface area contributed by atoms with Gasteiger partial charge in [0.1, 0.15) is 0 Å². The van der Waals surface area contributed by atoms with E-state index in [0.717, 1.165) is 12.2 Å². The Hall–Kier alpha value is -1.11. The Balaban J connectivity index is 1.99. The van der Waals surface area contributed by atoms with Crippen molar-refractivity contribution in [2.75, 3.05) is 25.0 Å². The molecule has 1 aliphatic carbocycles. The third-order valence-electron chi connectivity index (χ3n) is 3.56. The van der Waals surface area contributed by atoms with Crippen LogP contribution in [0.4, 0.5) is 5.69 Å². The van der Waals surface area contributed by atoms with Gasteiger partial charge >= 0.3 is 0 Å². The predicted octanol–water partition coefficient (Wildman–Crippen LogP) is 1.14. The number of hydrogen-bond donors (Lipinski definition) is 3. The van der Waals surface area contributed by atoms with Crippen LogP contribution in [0.5, 0.6) is 0 Å². The topological polar surface area (TPSA) is 84.2 Å². The van der Waals surface area contributed by atoms with E-state index in [1.807, 2.05) is 0 Å². The fourth-order valence-corrected chi connectivity index (χ4v) is 2.99. The van der Waals surface area contributed by atoms with Gasteiger partial charge < -0.3 is 11.1 Å². The molecule has 1 aromatic carbocycles. The normalized spacial score (nSPS) is 17.2.